The summed E-state index contributed by atoms with van der Waals surface area (Å²) in [5.74, 6) is -2.96. The predicted molar refractivity (Wildman–Crippen MR) is 113 cm³/mol. The van der Waals surface area contributed by atoms with Crippen LogP contribution in [-0.4, -0.2) is 57.3 Å². The van der Waals surface area contributed by atoms with E-state index < -0.39 is 46.4 Å². The van der Waals surface area contributed by atoms with Crippen LogP contribution >= 0.6 is 11.8 Å². The Labute approximate surface area is 186 Å². The largest absolute Gasteiger partial charge is 0.503 e. The molecule has 1 fully saturated rings. The van der Waals surface area contributed by atoms with Gasteiger partial charge in [0.1, 0.15) is 17.2 Å². The molecule has 8 nitrogen and oxygen atoms in total. The molecule has 2 aromatic rings. The summed E-state index contributed by atoms with van der Waals surface area (Å²) in [5.41, 5.74) is -1.55. The van der Waals surface area contributed by atoms with Crippen molar-refractivity contribution in [3.8, 4) is 5.75 Å². The quantitative estimate of drug-likeness (QED) is 0.674. The molecule has 1 saturated heterocycles. The van der Waals surface area contributed by atoms with Crippen LogP contribution in [-0.2, 0) is 17.8 Å². The van der Waals surface area contributed by atoms with E-state index in [1.165, 1.54) is 16.8 Å². The molecular weight excluding hydrogens is 444 g/mol. The number of amides is 2. The van der Waals surface area contributed by atoms with Crippen LogP contribution in [0, 0.1) is 11.6 Å². The Morgan fingerprint density at radius 3 is 2.84 bits per heavy atom. The molecule has 0 spiro atoms. The minimum atomic E-state index is -0.999. The number of fused-ring (bicyclic) bond motifs is 2. The molecule has 32 heavy (non-hydrogen) atoms. The van der Waals surface area contributed by atoms with Crippen LogP contribution in [0.3, 0.4) is 0 Å². The molecule has 0 aliphatic carbocycles. The Hall–Kier alpha value is -2.92. The van der Waals surface area contributed by atoms with Crippen molar-refractivity contribution in [3.63, 3.8) is 0 Å². The number of hydrogen-bond donors (Lipinski definition) is 2. The van der Waals surface area contributed by atoms with Gasteiger partial charge in [-0.3, -0.25) is 14.4 Å². The zero-order chi connectivity index (χ0) is 23.0. The molecule has 2 aliphatic heterocycles. The number of benzene rings is 1. The number of aromatic hydroxyl groups is 1. The molecule has 2 N–H and O–H groups in total. The molecule has 0 radical (unpaired) electrons. The number of ether oxygens (including phenoxy) is 1. The highest BCUT2D eigenvalue weighted by Crippen LogP contribution is 2.31. The van der Waals surface area contributed by atoms with Crippen LogP contribution < -0.4 is 10.7 Å². The second-order valence-corrected chi connectivity index (χ2v) is 8.56. The van der Waals surface area contributed by atoms with E-state index in [1.807, 2.05) is 6.26 Å². The second-order valence-electron chi connectivity index (χ2n) is 7.58. The van der Waals surface area contributed by atoms with Crippen LogP contribution in [0.25, 0.3) is 0 Å². The molecule has 0 unspecified atom stereocenters. The van der Waals surface area contributed by atoms with E-state index in [9.17, 15) is 28.3 Å². The van der Waals surface area contributed by atoms with Crippen molar-refractivity contribution in [1.29, 1.82) is 0 Å². The number of carbonyl (C=O) groups excluding carboxylic acids is 2. The number of nitrogens with one attached hydrogen (secondary N) is 1. The van der Waals surface area contributed by atoms with E-state index >= 15 is 0 Å². The Balaban J connectivity index is 1.58. The summed E-state index contributed by atoms with van der Waals surface area (Å²) in [6.07, 6.45) is 3.31. The fourth-order valence-electron chi connectivity index (χ4n) is 3.94. The standard InChI is InChI=1S/C21H21F2N3O5S/c1-32-5-4-13-10-31-16-9-25-8-14(18(27)19(28)17(25)21(30)26(13)16)20(29)24-7-11-2-3-12(22)6-15(11)23/h2-3,6,8,13,16,28H,4-5,7,9-10H2,1H3,(H,24,29)/t13-,16+/m1/s1. The van der Waals surface area contributed by atoms with E-state index in [0.29, 0.717) is 12.7 Å². The number of thioether (sulfide) groups is 1. The Morgan fingerprint density at radius 1 is 1.34 bits per heavy atom. The van der Waals surface area contributed by atoms with Crippen molar-refractivity contribution >= 4 is 23.6 Å². The number of carbonyl (C=O) groups is 2. The SMILES string of the molecule is CSCC[C@@H]1CO[C@H]2Cn3cc(C(=O)NCc4ccc(F)cc4F)c(=O)c(O)c3C(=O)N12. The summed E-state index contributed by atoms with van der Waals surface area (Å²) in [6.45, 7) is 0.215. The summed E-state index contributed by atoms with van der Waals surface area (Å²) in [6, 6.07) is 2.76. The van der Waals surface area contributed by atoms with Crippen LogP contribution in [0.2, 0.25) is 0 Å². The van der Waals surface area contributed by atoms with Gasteiger partial charge in [0.05, 0.1) is 19.2 Å². The lowest BCUT2D eigenvalue weighted by molar-refractivity contribution is 0.00567. The lowest BCUT2D eigenvalue weighted by atomic mass is 10.1. The van der Waals surface area contributed by atoms with Crippen LogP contribution in [0.4, 0.5) is 8.78 Å². The third kappa shape index (κ3) is 3.97. The maximum absolute atomic E-state index is 13.8. The number of hydrogen-bond acceptors (Lipinski definition) is 6. The Morgan fingerprint density at radius 2 is 2.12 bits per heavy atom. The molecule has 0 saturated carbocycles. The summed E-state index contributed by atoms with van der Waals surface area (Å²) >= 11 is 1.65. The van der Waals surface area contributed by atoms with Crippen LogP contribution in [0.15, 0.2) is 29.2 Å². The maximum Gasteiger partial charge on any atom is 0.276 e. The highest BCUT2D eigenvalue weighted by molar-refractivity contribution is 7.98. The van der Waals surface area contributed by atoms with Gasteiger partial charge < -0.3 is 24.6 Å². The van der Waals surface area contributed by atoms with E-state index in [-0.39, 0.29) is 30.4 Å². The van der Waals surface area contributed by atoms with E-state index in [1.54, 1.807) is 16.7 Å². The molecule has 2 atom stereocenters. The normalized spacial score (nSPS) is 19.6. The third-order valence-corrected chi connectivity index (χ3v) is 6.23. The number of aromatic nitrogens is 1. The Bertz CT molecular complexity index is 1140. The summed E-state index contributed by atoms with van der Waals surface area (Å²) < 4.78 is 33.9. The maximum atomic E-state index is 13.8. The van der Waals surface area contributed by atoms with Gasteiger partial charge in [0.25, 0.3) is 11.8 Å². The molecule has 2 aliphatic rings. The average Bonchev–Trinajstić information content (AvgIpc) is 3.17. The van der Waals surface area contributed by atoms with Crippen LogP contribution in [0.1, 0.15) is 32.8 Å². The van der Waals surface area contributed by atoms with Crippen molar-refractivity contribution < 1.29 is 28.2 Å². The van der Waals surface area contributed by atoms with Crippen molar-refractivity contribution in [2.75, 3.05) is 18.6 Å². The van der Waals surface area contributed by atoms with Gasteiger partial charge in [-0.15, -0.1) is 0 Å². The van der Waals surface area contributed by atoms with Crippen molar-refractivity contribution in [2.45, 2.75) is 31.8 Å². The van der Waals surface area contributed by atoms with E-state index in [4.69, 9.17) is 4.74 Å². The average molecular weight is 465 g/mol. The summed E-state index contributed by atoms with van der Waals surface area (Å²) in [7, 11) is 0. The highest BCUT2D eigenvalue weighted by atomic mass is 32.2. The number of nitrogens with zero attached hydrogens (tertiary/aromatic N) is 2. The smallest absolute Gasteiger partial charge is 0.276 e. The molecule has 11 heteroatoms. The van der Waals surface area contributed by atoms with Crippen LogP contribution in [0.5, 0.6) is 5.75 Å². The van der Waals surface area contributed by atoms with Gasteiger partial charge in [-0.1, -0.05) is 6.07 Å². The number of pyridine rings is 1. The lowest BCUT2D eigenvalue weighted by Crippen LogP contribution is -2.49. The van der Waals surface area contributed by atoms with Gasteiger partial charge in [0, 0.05) is 24.4 Å². The topological polar surface area (TPSA) is 101 Å². The lowest BCUT2D eigenvalue weighted by Gasteiger charge is -2.34. The number of halogens is 2. The Kier molecular flexibility index (Phi) is 6.20. The fraction of sp³-hybridized carbons (Fsp3) is 0.381. The molecule has 4 rings (SSSR count). The zero-order valence-corrected chi connectivity index (χ0v) is 18.0. The van der Waals surface area contributed by atoms with E-state index in [2.05, 4.69) is 5.32 Å². The number of rotatable bonds is 6. The van der Waals surface area contributed by atoms with Crippen molar-refractivity contribution in [3.05, 3.63) is 63.1 Å². The first-order valence-corrected chi connectivity index (χ1v) is 11.3. The van der Waals surface area contributed by atoms with Gasteiger partial charge in [0.2, 0.25) is 5.43 Å². The van der Waals surface area contributed by atoms with Gasteiger partial charge in [-0.2, -0.15) is 11.8 Å². The first kappa shape index (κ1) is 22.3. The summed E-state index contributed by atoms with van der Waals surface area (Å²) in [5, 5.41) is 12.9. The predicted octanol–water partition coefficient (Wildman–Crippen LogP) is 1.70. The first-order valence-electron chi connectivity index (χ1n) is 9.93. The third-order valence-electron chi connectivity index (χ3n) is 5.59. The fourth-order valence-corrected chi connectivity index (χ4v) is 4.45. The van der Waals surface area contributed by atoms with E-state index in [0.717, 1.165) is 18.2 Å². The molecule has 0 bridgehead atoms. The van der Waals surface area contributed by atoms with Gasteiger partial charge >= 0.3 is 0 Å². The zero-order valence-electron chi connectivity index (χ0n) is 17.1. The van der Waals surface area contributed by atoms with Crippen molar-refractivity contribution in [2.24, 2.45) is 0 Å². The van der Waals surface area contributed by atoms with Gasteiger partial charge in [-0.25, -0.2) is 8.78 Å². The first-order chi connectivity index (χ1) is 15.3. The molecule has 1 aromatic carbocycles. The molecule has 2 amide bonds. The van der Waals surface area contributed by atoms with Gasteiger partial charge in [0.15, 0.2) is 17.7 Å². The molecule has 1 aromatic heterocycles. The molecule has 3 heterocycles. The molecular formula is C21H21F2N3O5S. The monoisotopic (exact) mass is 465 g/mol. The summed E-state index contributed by atoms with van der Waals surface area (Å²) in [4.78, 5) is 39.8. The highest BCUT2D eigenvalue weighted by Gasteiger charge is 2.44. The molecule has 170 valence electrons. The van der Waals surface area contributed by atoms with Crippen molar-refractivity contribution in [1.82, 2.24) is 14.8 Å². The minimum absolute atomic E-state index is 0.0310. The van der Waals surface area contributed by atoms with Gasteiger partial charge in [-0.05, 0) is 24.5 Å². The minimum Gasteiger partial charge on any atom is -0.503 e. The second kappa shape index (κ2) is 8.91.